The number of H-pyrrole nitrogens is 1. The van der Waals surface area contributed by atoms with Crippen LogP contribution in [0, 0.1) is 6.92 Å². The van der Waals surface area contributed by atoms with Crippen molar-refractivity contribution in [2.75, 3.05) is 25.6 Å². The van der Waals surface area contributed by atoms with Crippen LogP contribution in [0.4, 0.5) is 11.6 Å². The summed E-state index contributed by atoms with van der Waals surface area (Å²) in [5.74, 6) is 0.794. The summed E-state index contributed by atoms with van der Waals surface area (Å²) in [5, 5.41) is 6.76. The van der Waals surface area contributed by atoms with E-state index >= 15 is 0 Å². The molecule has 1 aliphatic heterocycles. The number of carbonyl (C=O) groups is 1. The Balaban J connectivity index is 1.54. The molecule has 1 fully saturated rings. The van der Waals surface area contributed by atoms with Crippen molar-refractivity contribution in [3.8, 4) is 17.0 Å². The first-order valence-corrected chi connectivity index (χ1v) is 10.9. The molecule has 1 atom stereocenters. The Kier molecular flexibility index (Phi) is 5.47. The first-order valence-electron chi connectivity index (χ1n) is 10.9. The van der Waals surface area contributed by atoms with Crippen molar-refractivity contribution < 1.29 is 14.3 Å². The summed E-state index contributed by atoms with van der Waals surface area (Å²) in [6, 6.07) is 7.49. The summed E-state index contributed by atoms with van der Waals surface area (Å²) in [6.45, 7) is 3.15. The Bertz CT molecular complexity index is 1320. The molecule has 9 nitrogen and oxygen atoms in total. The zero-order valence-electron chi connectivity index (χ0n) is 18.8. The Morgan fingerprint density at radius 2 is 2.18 bits per heavy atom. The number of aromatic amines is 1. The Morgan fingerprint density at radius 3 is 2.88 bits per heavy atom. The van der Waals surface area contributed by atoms with Crippen molar-refractivity contribution >= 4 is 28.6 Å². The summed E-state index contributed by atoms with van der Waals surface area (Å²) >= 11 is 0. The van der Waals surface area contributed by atoms with Crippen molar-refractivity contribution in [2.24, 2.45) is 7.05 Å². The van der Waals surface area contributed by atoms with Gasteiger partial charge < -0.3 is 29.7 Å². The molecule has 1 aromatic carbocycles. The van der Waals surface area contributed by atoms with Gasteiger partial charge in [-0.3, -0.25) is 4.79 Å². The molecule has 0 aliphatic carbocycles. The number of amides is 1. The van der Waals surface area contributed by atoms with Crippen molar-refractivity contribution in [3.05, 3.63) is 54.0 Å². The fourth-order valence-electron chi connectivity index (χ4n) is 4.01. The van der Waals surface area contributed by atoms with Crippen LogP contribution in [0.3, 0.4) is 0 Å². The number of nitrogens with zero attached hydrogens (tertiary/aromatic N) is 3. The number of hydrogen-bond acceptors (Lipinski definition) is 6. The molecule has 3 N–H and O–H groups in total. The van der Waals surface area contributed by atoms with Crippen molar-refractivity contribution in [3.63, 3.8) is 0 Å². The van der Waals surface area contributed by atoms with Crippen molar-refractivity contribution in [1.82, 2.24) is 24.8 Å². The number of benzene rings is 1. The molecule has 1 aliphatic rings. The van der Waals surface area contributed by atoms with Gasteiger partial charge in [-0.2, -0.15) is 9.97 Å². The van der Waals surface area contributed by atoms with Crippen LogP contribution in [-0.4, -0.2) is 51.8 Å². The van der Waals surface area contributed by atoms with E-state index in [1.807, 2.05) is 43.1 Å². The number of aryl methyl sites for hydroxylation is 2. The lowest BCUT2D eigenvalue weighted by Crippen LogP contribution is -2.18. The molecule has 3 aromatic heterocycles. The second-order valence-corrected chi connectivity index (χ2v) is 8.18. The molecule has 0 saturated carbocycles. The topological polar surface area (TPSA) is 106 Å². The number of rotatable bonds is 6. The minimum Gasteiger partial charge on any atom is -0.471 e. The first-order chi connectivity index (χ1) is 16.0. The quantitative estimate of drug-likeness (QED) is 0.418. The highest BCUT2D eigenvalue weighted by molar-refractivity contribution is 5.98. The lowest BCUT2D eigenvalue weighted by Gasteiger charge is -2.15. The molecule has 4 aromatic rings. The Labute approximate surface area is 191 Å². The Hall–Kier alpha value is -3.85. The van der Waals surface area contributed by atoms with E-state index in [2.05, 4.69) is 27.9 Å². The molecule has 5 rings (SSSR count). The lowest BCUT2D eigenvalue weighted by molar-refractivity contribution is 0.0963. The zero-order chi connectivity index (χ0) is 22.9. The number of aromatic nitrogens is 4. The smallest absolute Gasteiger partial charge is 0.251 e. The van der Waals surface area contributed by atoms with E-state index in [-0.39, 0.29) is 12.0 Å². The molecule has 170 valence electrons. The molecular weight excluding hydrogens is 420 g/mol. The summed E-state index contributed by atoms with van der Waals surface area (Å²) < 4.78 is 13.8. The third-order valence-corrected chi connectivity index (χ3v) is 5.77. The van der Waals surface area contributed by atoms with Gasteiger partial charge in [-0.05, 0) is 36.8 Å². The lowest BCUT2D eigenvalue weighted by atomic mass is 10.1. The summed E-state index contributed by atoms with van der Waals surface area (Å²) in [4.78, 5) is 24.6. The van der Waals surface area contributed by atoms with Gasteiger partial charge >= 0.3 is 0 Å². The molecule has 4 heterocycles. The minimum absolute atomic E-state index is 0.0527. The highest BCUT2D eigenvalue weighted by Crippen LogP contribution is 2.36. The van der Waals surface area contributed by atoms with Crippen LogP contribution in [-0.2, 0) is 11.8 Å². The first kappa shape index (κ1) is 21.0. The second-order valence-electron chi connectivity index (χ2n) is 8.18. The van der Waals surface area contributed by atoms with E-state index < -0.39 is 0 Å². The molecule has 0 unspecified atom stereocenters. The van der Waals surface area contributed by atoms with Gasteiger partial charge in [0.2, 0.25) is 11.8 Å². The van der Waals surface area contributed by atoms with E-state index in [1.54, 1.807) is 13.1 Å². The van der Waals surface area contributed by atoms with Crippen LogP contribution >= 0.6 is 0 Å². The third kappa shape index (κ3) is 4.14. The van der Waals surface area contributed by atoms with E-state index in [0.717, 1.165) is 34.2 Å². The average molecular weight is 447 g/mol. The predicted octanol–water partition coefficient (Wildman–Crippen LogP) is 3.54. The number of hydrogen-bond donors (Lipinski definition) is 3. The maximum atomic E-state index is 11.9. The minimum atomic E-state index is -0.128. The highest BCUT2D eigenvalue weighted by Gasteiger charge is 2.23. The SMILES string of the molecule is CNC(=O)c1ccc(Nc2nc(O[C@H]3CCOC3)c3c(-c4ccn(C)c4)c[nH]c3n2)c(C)c1. The average Bonchev–Trinajstić information content (AvgIpc) is 3.56. The molecule has 0 bridgehead atoms. The normalized spacial score (nSPS) is 15.7. The van der Waals surface area contributed by atoms with Crippen molar-refractivity contribution in [1.29, 1.82) is 0 Å². The fourth-order valence-corrected chi connectivity index (χ4v) is 4.01. The van der Waals surface area contributed by atoms with Crippen LogP contribution in [0.1, 0.15) is 22.3 Å². The molecule has 0 radical (unpaired) electrons. The van der Waals surface area contributed by atoms with Gasteiger partial charge in [-0.1, -0.05) is 0 Å². The maximum absolute atomic E-state index is 11.9. The number of nitrogens with one attached hydrogen (secondary N) is 3. The van der Waals surface area contributed by atoms with Crippen LogP contribution < -0.4 is 15.4 Å². The number of carbonyl (C=O) groups excluding carboxylic acids is 1. The molecular formula is C24H26N6O3. The number of anilines is 2. The summed E-state index contributed by atoms with van der Waals surface area (Å²) in [6.07, 6.45) is 6.75. The fraction of sp³-hybridized carbons (Fsp3) is 0.292. The predicted molar refractivity (Wildman–Crippen MR) is 126 cm³/mol. The molecule has 1 saturated heterocycles. The monoisotopic (exact) mass is 446 g/mol. The van der Waals surface area contributed by atoms with E-state index in [0.29, 0.717) is 36.3 Å². The van der Waals surface area contributed by atoms with Gasteiger partial charge in [0, 0.05) is 61.5 Å². The van der Waals surface area contributed by atoms with Crippen LogP contribution in [0.25, 0.3) is 22.2 Å². The van der Waals surface area contributed by atoms with E-state index in [1.165, 1.54) is 0 Å². The van der Waals surface area contributed by atoms with Gasteiger partial charge in [0.05, 0.1) is 18.6 Å². The summed E-state index contributed by atoms with van der Waals surface area (Å²) in [5.41, 5.74) is 5.03. The van der Waals surface area contributed by atoms with Crippen molar-refractivity contribution in [2.45, 2.75) is 19.4 Å². The van der Waals surface area contributed by atoms with Crippen LogP contribution in [0.15, 0.2) is 42.9 Å². The summed E-state index contributed by atoms with van der Waals surface area (Å²) in [7, 11) is 3.60. The Morgan fingerprint density at radius 1 is 1.30 bits per heavy atom. The zero-order valence-corrected chi connectivity index (χ0v) is 18.8. The van der Waals surface area contributed by atoms with Gasteiger partial charge in [0.25, 0.3) is 5.91 Å². The molecule has 9 heteroatoms. The van der Waals surface area contributed by atoms with Gasteiger partial charge in [-0.25, -0.2) is 0 Å². The van der Waals surface area contributed by atoms with E-state index in [4.69, 9.17) is 19.4 Å². The second kappa shape index (κ2) is 8.59. The van der Waals surface area contributed by atoms with Crippen LogP contribution in [0.5, 0.6) is 5.88 Å². The van der Waals surface area contributed by atoms with Crippen LogP contribution in [0.2, 0.25) is 0 Å². The van der Waals surface area contributed by atoms with Gasteiger partial charge in [0.15, 0.2) is 0 Å². The van der Waals surface area contributed by atoms with Gasteiger partial charge in [-0.15, -0.1) is 0 Å². The molecule has 33 heavy (non-hydrogen) atoms. The third-order valence-electron chi connectivity index (χ3n) is 5.77. The molecule has 1 amide bonds. The largest absolute Gasteiger partial charge is 0.471 e. The maximum Gasteiger partial charge on any atom is 0.251 e. The standard InChI is InChI=1S/C24H26N6O3/c1-14-10-15(22(31)25-2)4-5-19(14)27-24-28-21-20(23(29-24)33-17-7-9-32-13-17)18(11-26-21)16-6-8-30(3)12-16/h4-6,8,10-12,17H,7,9,13H2,1-3H3,(H,25,31)(H2,26,27,28,29)/t17-/m0/s1. The molecule has 0 spiro atoms. The number of fused-ring (bicyclic) bond motifs is 1. The highest BCUT2D eigenvalue weighted by atomic mass is 16.5. The number of ether oxygens (including phenoxy) is 2. The van der Waals surface area contributed by atoms with E-state index in [9.17, 15) is 4.79 Å². The van der Waals surface area contributed by atoms with Gasteiger partial charge in [0.1, 0.15) is 11.8 Å².